The maximum Gasteiger partial charge on any atom is 0.202 e. The maximum absolute atomic E-state index is 12.1. The van der Waals surface area contributed by atoms with Crippen molar-refractivity contribution in [3.8, 4) is 0 Å². The van der Waals surface area contributed by atoms with Gasteiger partial charge in [-0.1, -0.05) is 18.2 Å². The fourth-order valence-corrected chi connectivity index (χ4v) is 2.32. The number of hydrogen-bond donors (Lipinski definition) is 1. The molecular formula is C15H14N2O2. The van der Waals surface area contributed by atoms with Gasteiger partial charge in [0.25, 0.3) is 0 Å². The van der Waals surface area contributed by atoms with Gasteiger partial charge in [0.1, 0.15) is 6.26 Å². The lowest BCUT2D eigenvalue weighted by Gasteiger charge is -1.96. The molecule has 0 radical (unpaired) electrons. The van der Waals surface area contributed by atoms with Crippen molar-refractivity contribution < 1.29 is 9.21 Å². The Kier molecular flexibility index (Phi) is 2.63. The first-order valence-corrected chi connectivity index (χ1v) is 6.05. The number of carbonyl (C=O) groups excluding carboxylic acids is 1. The van der Waals surface area contributed by atoms with E-state index in [0.717, 1.165) is 16.5 Å². The Morgan fingerprint density at radius 1 is 1.37 bits per heavy atom. The predicted molar refractivity (Wildman–Crippen MR) is 74.1 cm³/mol. The zero-order chi connectivity index (χ0) is 13.4. The Hall–Kier alpha value is -2.49. The molecule has 4 heteroatoms. The number of carbonyl (C=O) groups is 1. The Bertz CT molecular complexity index is 752. The number of aromatic nitrogens is 1. The summed E-state index contributed by atoms with van der Waals surface area (Å²) in [6.07, 6.45) is 3.68. The van der Waals surface area contributed by atoms with Crippen LogP contribution in [0.15, 0.2) is 47.2 Å². The van der Waals surface area contributed by atoms with E-state index in [4.69, 9.17) is 10.2 Å². The number of anilines is 1. The summed E-state index contributed by atoms with van der Waals surface area (Å²) in [5.74, 6) is 0.249. The van der Waals surface area contributed by atoms with Crippen LogP contribution in [0, 0.1) is 0 Å². The van der Waals surface area contributed by atoms with E-state index in [2.05, 4.69) is 0 Å². The van der Waals surface area contributed by atoms with E-state index >= 15 is 0 Å². The monoisotopic (exact) mass is 254 g/mol. The van der Waals surface area contributed by atoms with E-state index in [1.54, 1.807) is 6.07 Å². The number of aryl methyl sites for hydroxylation is 1. The van der Waals surface area contributed by atoms with Gasteiger partial charge in [-0.05, 0) is 11.6 Å². The molecule has 1 aromatic carbocycles. The summed E-state index contributed by atoms with van der Waals surface area (Å²) in [6.45, 7) is 0. The first-order valence-electron chi connectivity index (χ1n) is 6.05. The molecule has 4 nitrogen and oxygen atoms in total. The van der Waals surface area contributed by atoms with Gasteiger partial charge in [0.15, 0.2) is 5.76 Å². The van der Waals surface area contributed by atoms with Crippen LogP contribution in [0.2, 0.25) is 0 Å². The zero-order valence-electron chi connectivity index (χ0n) is 10.6. The molecule has 2 heterocycles. The summed E-state index contributed by atoms with van der Waals surface area (Å²) in [4.78, 5) is 12.1. The third-order valence-corrected chi connectivity index (χ3v) is 3.23. The summed E-state index contributed by atoms with van der Waals surface area (Å²) in [5, 5.41) is 1.10. The highest BCUT2D eigenvalue weighted by molar-refractivity contribution is 5.98. The van der Waals surface area contributed by atoms with Crippen molar-refractivity contribution in [2.24, 2.45) is 7.05 Å². The van der Waals surface area contributed by atoms with Crippen LogP contribution in [0.5, 0.6) is 0 Å². The second-order valence-electron chi connectivity index (χ2n) is 4.63. The molecule has 2 N–H and O–H groups in total. The lowest BCUT2D eigenvalue weighted by molar-refractivity contribution is 0.0966. The van der Waals surface area contributed by atoms with E-state index in [1.165, 1.54) is 6.26 Å². The molecule has 0 aliphatic heterocycles. The van der Waals surface area contributed by atoms with Crippen LogP contribution in [0.4, 0.5) is 5.69 Å². The molecular weight excluding hydrogens is 240 g/mol. The number of furan rings is 1. The van der Waals surface area contributed by atoms with Gasteiger partial charge in [-0.15, -0.1) is 0 Å². The Balaban J connectivity index is 1.95. The molecule has 3 aromatic rings. The van der Waals surface area contributed by atoms with Crippen molar-refractivity contribution in [2.75, 3.05) is 5.73 Å². The van der Waals surface area contributed by atoms with Crippen LogP contribution in [-0.4, -0.2) is 10.4 Å². The van der Waals surface area contributed by atoms with Crippen molar-refractivity contribution in [1.82, 2.24) is 4.57 Å². The third-order valence-electron chi connectivity index (χ3n) is 3.23. The second kappa shape index (κ2) is 4.31. The SMILES string of the molecule is Cn1cc(CC(=O)c2cc(N)co2)c2ccccc21. The van der Waals surface area contributed by atoms with Crippen LogP contribution >= 0.6 is 0 Å². The molecule has 0 aliphatic rings. The highest BCUT2D eigenvalue weighted by atomic mass is 16.3. The van der Waals surface area contributed by atoms with Crippen molar-refractivity contribution >= 4 is 22.4 Å². The molecule has 2 aromatic heterocycles. The average molecular weight is 254 g/mol. The molecule has 0 atom stereocenters. The number of fused-ring (bicyclic) bond motifs is 1. The molecule has 0 unspecified atom stereocenters. The van der Waals surface area contributed by atoms with Crippen LogP contribution in [-0.2, 0) is 13.5 Å². The third kappa shape index (κ3) is 2.01. The van der Waals surface area contributed by atoms with Gasteiger partial charge in [0.05, 0.1) is 5.69 Å². The fraction of sp³-hybridized carbons (Fsp3) is 0.133. The minimum absolute atomic E-state index is 0.0620. The van der Waals surface area contributed by atoms with Crippen molar-refractivity contribution in [3.63, 3.8) is 0 Å². The number of ketones is 1. The van der Waals surface area contributed by atoms with E-state index in [1.807, 2.05) is 42.1 Å². The summed E-state index contributed by atoms with van der Waals surface area (Å²) >= 11 is 0. The number of rotatable bonds is 3. The maximum atomic E-state index is 12.1. The Morgan fingerprint density at radius 3 is 2.89 bits per heavy atom. The fourth-order valence-electron chi connectivity index (χ4n) is 2.32. The molecule has 96 valence electrons. The number of nitrogen functional groups attached to an aromatic ring is 1. The van der Waals surface area contributed by atoms with Crippen molar-refractivity contribution in [1.29, 1.82) is 0 Å². The number of nitrogens with two attached hydrogens (primary N) is 1. The normalized spacial score (nSPS) is 11.0. The molecule has 0 aliphatic carbocycles. The van der Waals surface area contributed by atoms with E-state index in [0.29, 0.717) is 17.9 Å². The topological polar surface area (TPSA) is 61.2 Å². The molecule has 0 saturated carbocycles. The molecule has 19 heavy (non-hydrogen) atoms. The minimum Gasteiger partial charge on any atom is -0.459 e. The van der Waals surface area contributed by atoms with E-state index in [9.17, 15) is 4.79 Å². The van der Waals surface area contributed by atoms with Crippen LogP contribution in [0.3, 0.4) is 0 Å². The standard InChI is InChI=1S/C15H14N2O2/c1-17-8-10(12-4-2-3-5-13(12)17)6-14(18)15-7-11(16)9-19-15/h2-5,7-9H,6,16H2,1H3. The van der Waals surface area contributed by atoms with E-state index in [-0.39, 0.29) is 5.78 Å². The largest absolute Gasteiger partial charge is 0.459 e. The molecule has 0 fully saturated rings. The molecule has 0 saturated heterocycles. The molecule has 0 bridgehead atoms. The smallest absolute Gasteiger partial charge is 0.202 e. The van der Waals surface area contributed by atoms with E-state index < -0.39 is 0 Å². The summed E-state index contributed by atoms with van der Waals surface area (Å²) in [5.41, 5.74) is 8.14. The van der Waals surface area contributed by atoms with Crippen molar-refractivity contribution in [2.45, 2.75) is 6.42 Å². The van der Waals surface area contributed by atoms with Gasteiger partial charge >= 0.3 is 0 Å². The van der Waals surface area contributed by atoms with Crippen molar-refractivity contribution in [3.05, 3.63) is 54.1 Å². The zero-order valence-corrected chi connectivity index (χ0v) is 10.6. The average Bonchev–Trinajstić information content (AvgIpc) is 2.96. The van der Waals surface area contributed by atoms with Gasteiger partial charge in [-0.2, -0.15) is 0 Å². The molecule has 3 rings (SSSR count). The predicted octanol–water partition coefficient (Wildman–Crippen LogP) is 2.78. The lowest BCUT2D eigenvalue weighted by Crippen LogP contribution is -2.01. The number of para-hydroxylation sites is 1. The Morgan fingerprint density at radius 2 is 2.16 bits per heavy atom. The molecule has 0 spiro atoms. The Labute approximate surface area is 110 Å². The second-order valence-corrected chi connectivity index (χ2v) is 4.63. The van der Waals surface area contributed by atoms with Crippen LogP contribution in [0.1, 0.15) is 16.1 Å². The first-order chi connectivity index (χ1) is 9.15. The number of nitrogens with zero attached hydrogens (tertiary/aromatic N) is 1. The molecule has 0 amide bonds. The highest BCUT2D eigenvalue weighted by Crippen LogP contribution is 2.22. The lowest BCUT2D eigenvalue weighted by atomic mass is 10.1. The minimum atomic E-state index is -0.0620. The van der Waals surface area contributed by atoms with Gasteiger partial charge in [-0.25, -0.2) is 0 Å². The summed E-state index contributed by atoms with van der Waals surface area (Å²) in [7, 11) is 1.97. The summed E-state index contributed by atoms with van der Waals surface area (Å²) < 4.78 is 7.16. The number of hydrogen-bond acceptors (Lipinski definition) is 3. The van der Waals surface area contributed by atoms with Gasteiger partial charge < -0.3 is 14.7 Å². The van der Waals surface area contributed by atoms with Crippen LogP contribution < -0.4 is 5.73 Å². The quantitative estimate of drug-likeness (QED) is 0.731. The van der Waals surface area contributed by atoms with Gasteiger partial charge in [0, 0.05) is 36.6 Å². The number of Topliss-reactive ketones (excluding diaryl/α,β-unsaturated/α-hetero) is 1. The highest BCUT2D eigenvalue weighted by Gasteiger charge is 2.14. The van der Waals surface area contributed by atoms with Gasteiger partial charge in [-0.3, -0.25) is 4.79 Å². The first kappa shape index (κ1) is 11.6. The van der Waals surface area contributed by atoms with Gasteiger partial charge in [0.2, 0.25) is 5.78 Å². The van der Waals surface area contributed by atoms with Crippen LogP contribution in [0.25, 0.3) is 10.9 Å². The number of benzene rings is 1. The summed E-state index contributed by atoms with van der Waals surface area (Å²) in [6, 6.07) is 9.58.